The number of ether oxygens (including phenoxy) is 1. The van der Waals surface area contributed by atoms with Crippen molar-refractivity contribution in [2.45, 2.75) is 24.8 Å². The van der Waals surface area contributed by atoms with E-state index in [0.29, 0.717) is 16.3 Å². The molecular formula is C19H22ClN3O5S. The van der Waals surface area contributed by atoms with E-state index >= 15 is 0 Å². The lowest BCUT2D eigenvalue weighted by molar-refractivity contribution is -0.123. The predicted molar refractivity (Wildman–Crippen MR) is 111 cm³/mol. The first-order valence-electron chi connectivity index (χ1n) is 8.53. The second-order valence-electron chi connectivity index (χ2n) is 6.54. The molecule has 0 aliphatic carbocycles. The Morgan fingerprint density at radius 3 is 2.41 bits per heavy atom. The number of sulfonamides is 1. The summed E-state index contributed by atoms with van der Waals surface area (Å²) < 4.78 is 30.8. The predicted octanol–water partition coefficient (Wildman–Crippen LogP) is 2.66. The van der Waals surface area contributed by atoms with Crippen LogP contribution in [0.2, 0.25) is 5.02 Å². The van der Waals surface area contributed by atoms with E-state index in [2.05, 4.69) is 5.32 Å². The summed E-state index contributed by atoms with van der Waals surface area (Å²) in [6, 6.07) is 8.64. The summed E-state index contributed by atoms with van der Waals surface area (Å²) in [4.78, 5) is 24.7. The molecule has 10 heteroatoms. The van der Waals surface area contributed by atoms with E-state index in [-0.39, 0.29) is 16.1 Å². The summed E-state index contributed by atoms with van der Waals surface area (Å²) in [6.07, 6.45) is -1.13. The van der Waals surface area contributed by atoms with Gasteiger partial charge < -0.3 is 15.8 Å². The van der Waals surface area contributed by atoms with Gasteiger partial charge in [0.1, 0.15) is 0 Å². The molecule has 1 amide bonds. The zero-order chi connectivity index (χ0) is 21.9. The van der Waals surface area contributed by atoms with E-state index in [1.807, 2.05) is 0 Å². The van der Waals surface area contributed by atoms with E-state index in [1.54, 1.807) is 13.0 Å². The van der Waals surface area contributed by atoms with Crippen molar-refractivity contribution in [1.29, 1.82) is 0 Å². The van der Waals surface area contributed by atoms with Crippen LogP contribution < -0.4 is 11.1 Å². The Hall–Kier alpha value is -2.62. The first kappa shape index (κ1) is 22.7. The van der Waals surface area contributed by atoms with Crippen molar-refractivity contribution in [2.24, 2.45) is 0 Å². The number of anilines is 2. The Bertz CT molecular complexity index is 1050. The van der Waals surface area contributed by atoms with Crippen LogP contribution in [0.25, 0.3) is 0 Å². The van der Waals surface area contributed by atoms with Crippen LogP contribution >= 0.6 is 11.6 Å². The molecule has 2 aromatic carbocycles. The number of rotatable bonds is 6. The minimum Gasteiger partial charge on any atom is -0.449 e. The number of carbonyl (C=O) groups is 2. The molecule has 0 heterocycles. The lowest BCUT2D eigenvalue weighted by Gasteiger charge is -2.17. The molecular weight excluding hydrogens is 418 g/mol. The molecule has 0 spiro atoms. The van der Waals surface area contributed by atoms with Crippen LogP contribution in [0.15, 0.2) is 41.3 Å². The highest BCUT2D eigenvalue weighted by Gasteiger charge is 2.22. The lowest BCUT2D eigenvalue weighted by Crippen LogP contribution is -2.30. The average molecular weight is 440 g/mol. The van der Waals surface area contributed by atoms with Crippen molar-refractivity contribution >= 4 is 44.9 Å². The lowest BCUT2D eigenvalue weighted by atomic mass is 10.2. The van der Waals surface area contributed by atoms with Crippen molar-refractivity contribution < 1.29 is 22.7 Å². The van der Waals surface area contributed by atoms with E-state index in [9.17, 15) is 18.0 Å². The number of carbonyl (C=O) groups excluding carboxylic acids is 2. The quantitative estimate of drug-likeness (QED) is 0.527. The number of nitrogens with zero attached hydrogens (tertiary/aromatic N) is 1. The number of benzene rings is 2. The maximum atomic E-state index is 12.5. The number of esters is 1. The van der Waals surface area contributed by atoms with Gasteiger partial charge in [0.25, 0.3) is 5.91 Å². The van der Waals surface area contributed by atoms with Crippen molar-refractivity contribution in [3.63, 3.8) is 0 Å². The minimum atomic E-state index is -3.66. The van der Waals surface area contributed by atoms with Gasteiger partial charge in [-0.15, -0.1) is 0 Å². The average Bonchev–Trinajstić information content (AvgIpc) is 2.65. The van der Waals surface area contributed by atoms with Gasteiger partial charge in [-0.05, 0) is 49.7 Å². The summed E-state index contributed by atoms with van der Waals surface area (Å²) in [5, 5.41) is 2.90. The largest absolute Gasteiger partial charge is 0.449 e. The number of halogens is 1. The van der Waals surface area contributed by atoms with Crippen LogP contribution in [0.5, 0.6) is 0 Å². The van der Waals surface area contributed by atoms with Gasteiger partial charge in [0.2, 0.25) is 10.0 Å². The molecule has 0 aromatic heterocycles. The molecule has 8 nitrogen and oxygen atoms in total. The van der Waals surface area contributed by atoms with Crippen molar-refractivity contribution in [3.8, 4) is 0 Å². The molecule has 0 fully saturated rings. The van der Waals surface area contributed by atoms with Crippen LogP contribution in [-0.2, 0) is 19.6 Å². The summed E-state index contributed by atoms with van der Waals surface area (Å²) >= 11 is 5.82. The number of hydrogen-bond donors (Lipinski definition) is 2. The maximum absolute atomic E-state index is 12.5. The second kappa shape index (κ2) is 8.81. The second-order valence-corrected chi connectivity index (χ2v) is 9.10. The number of nitrogens with two attached hydrogens (primary N) is 1. The third kappa shape index (κ3) is 5.26. The van der Waals surface area contributed by atoms with Gasteiger partial charge >= 0.3 is 5.97 Å². The number of amides is 1. The highest BCUT2D eigenvalue weighted by molar-refractivity contribution is 7.89. The molecule has 2 aromatic rings. The number of aryl methyl sites for hydroxylation is 1. The topological polar surface area (TPSA) is 119 Å². The Morgan fingerprint density at radius 2 is 1.83 bits per heavy atom. The Balaban J connectivity index is 2.15. The van der Waals surface area contributed by atoms with E-state index in [0.717, 1.165) is 4.31 Å². The third-order valence-corrected chi connectivity index (χ3v) is 6.29. The molecule has 0 saturated heterocycles. The SMILES string of the molecule is Cc1ccc(S(=O)(=O)N(C)C)cc1NC(=O)[C@@H](C)OC(=O)c1ccc(Cl)c(N)c1. The van der Waals surface area contributed by atoms with E-state index in [1.165, 1.54) is 51.4 Å². The highest BCUT2D eigenvalue weighted by Crippen LogP contribution is 2.23. The third-order valence-electron chi connectivity index (χ3n) is 4.13. The molecule has 1 atom stereocenters. The van der Waals surface area contributed by atoms with Crippen LogP contribution in [-0.4, -0.2) is 44.8 Å². The summed E-state index contributed by atoms with van der Waals surface area (Å²) in [6.45, 7) is 3.12. The summed E-state index contributed by atoms with van der Waals surface area (Å²) in [7, 11) is -0.830. The Kier molecular flexibility index (Phi) is 6.89. The summed E-state index contributed by atoms with van der Waals surface area (Å²) in [5.74, 6) is -1.35. The van der Waals surface area contributed by atoms with Crippen LogP contribution in [0.3, 0.4) is 0 Å². The fraction of sp³-hybridized carbons (Fsp3) is 0.263. The zero-order valence-corrected chi connectivity index (χ0v) is 18.0. The molecule has 0 aliphatic rings. The first-order valence-corrected chi connectivity index (χ1v) is 10.4. The zero-order valence-electron chi connectivity index (χ0n) is 16.4. The highest BCUT2D eigenvalue weighted by atomic mass is 35.5. The van der Waals surface area contributed by atoms with Gasteiger partial charge in [0.15, 0.2) is 6.10 Å². The van der Waals surface area contributed by atoms with E-state index < -0.39 is 28.0 Å². The molecule has 3 N–H and O–H groups in total. The fourth-order valence-electron chi connectivity index (χ4n) is 2.29. The van der Waals surface area contributed by atoms with Crippen molar-refractivity contribution in [3.05, 3.63) is 52.5 Å². The number of nitrogen functional groups attached to an aromatic ring is 1. The van der Waals surface area contributed by atoms with Crippen LogP contribution in [0, 0.1) is 6.92 Å². The minimum absolute atomic E-state index is 0.0321. The molecule has 0 aliphatic heterocycles. The van der Waals surface area contributed by atoms with Gasteiger partial charge in [0, 0.05) is 19.8 Å². The number of nitrogens with one attached hydrogen (secondary N) is 1. The van der Waals surface area contributed by atoms with Gasteiger partial charge in [-0.1, -0.05) is 17.7 Å². The van der Waals surface area contributed by atoms with Crippen LogP contribution in [0.1, 0.15) is 22.8 Å². The molecule has 156 valence electrons. The molecule has 2 rings (SSSR count). The van der Waals surface area contributed by atoms with Crippen molar-refractivity contribution in [2.75, 3.05) is 25.1 Å². The molecule has 0 unspecified atom stereocenters. The normalized spacial score (nSPS) is 12.5. The van der Waals surface area contributed by atoms with Gasteiger partial charge in [-0.25, -0.2) is 17.5 Å². The van der Waals surface area contributed by atoms with Gasteiger partial charge in [-0.2, -0.15) is 0 Å². The smallest absolute Gasteiger partial charge is 0.338 e. The van der Waals surface area contributed by atoms with Gasteiger partial charge in [-0.3, -0.25) is 4.79 Å². The number of hydrogen-bond acceptors (Lipinski definition) is 6. The van der Waals surface area contributed by atoms with Gasteiger partial charge in [0.05, 0.1) is 21.2 Å². The Morgan fingerprint density at radius 1 is 1.17 bits per heavy atom. The fourth-order valence-corrected chi connectivity index (χ4v) is 3.34. The first-order chi connectivity index (χ1) is 13.4. The molecule has 0 radical (unpaired) electrons. The summed E-state index contributed by atoms with van der Waals surface area (Å²) in [5.41, 5.74) is 6.99. The molecule has 0 bridgehead atoms. The Labute approximate surface area is 174 Å². The maximum Gasteiger partial charge on any atom is 0.338 e. The molecule has 0 saturated carbocycles. The standard InChI is InChI=1S/C19H22ClN3O5S/c1-11-5-7-14(29(26,27)23(3)4)10-17(11)22-18(24)12(2)28-19(25)13-6-8-15(20)16(21)9-13/h5-10,12H,21H2,1-4H3,(H,22,24)/t12-/m1/s1. The van der Waals surface area contributed by atoms with E-state index in [4.69, 9.17) is 22.1 Å². The van der Waals surface area contributed by atoms with Crippen molar-refractivity contribution in [1.82, 2.24) is 4.31 Å². The van der Waals surface area contributed by atoms with Crippen LogP contribution in [0.4, 0.5) is 11.4 Å². The monoisotopic (exact) mass is 439 g/mol. The molecule has 29 heavy (non-hydrogen) atoms.